The van der Waals surface area contributed by atoms with Gasteiger partial charge in [-0.1, -0.05) is 33.1 Å². The van der Waals surface area contributed by atoms with E-state index >= 15 is 0 Å². The van der Waals surface area contributed by atoms with Crippen molar-refractivity contribution >= 4 is 11.3 Å². The normalized spacial score (nSPS) is 17.2. The van der Waals surface area contributed by atoms with Gasteiger partial charge in [-0.2, -0.15) is 0 Å². The molecule has 0 aliphatic heterocycles. The van der Waals surface area contributed by atoms with Crippen molar-refractivity contribution in [3.8, 4) is 0 Å². The maximum absolute atomic E-state index is 6.02. The third-order valence-electron chi connectivity index (χ3n) is 3.58. The SMILES string of the molecule is CC(C)CNCc1ccc(COC2CCCCC2)s1. The van der Waals surface area contributed by atoms with E-state index in [2.05, 4.69) is 31.3 Å². The number of hydrogen-bond donors (Lipinski definition) is 1. The van der Waals surface area contributed by atoms with E-state index < -0.39 is 0 Å². The van der Waals surface area contributed by atoms with E-state index in [-0.39, 0.29) is 0 Å². The Morgan fingerprint density at radius 1 is 1.21 bits per heavy atom. The van der Waals surface area contributed by atoms with Crippen LogP contribution in [-0.2, 0) is 17.9 Å². The average Bonchev–Trinajstić information content (AvgIpc) is 2.85. The molecule has 1 fully saturated rings. The minimum atomic E-state index is 0.512. The van der Waals surface area contributed by atoms with Crippen LogP contribution in [0.2, 0.25) is 0 Å². The van der Waals surface area contributed by atoms with Gasteiger partial charge in [0, 0.05) is 16.3 Å². The first kappa shape index (κ1) is 15.0. The van der Waals surface area contributed by atoms with Crippen molar-refractivity contribution in [3.05, 3.63) is 21.9 Å². The second-order valence-corrected chi connectivity index (χ2v) is 7.22. The quantitative estimate of drug-likeness (QED) is 0.802. The molecule has 0 saturated heterocycles. The molecule has 0 radical (unpaired) electrons. The zero-order valence-electron chi connectivity index (χ0n) is 12.3. The van der Waals surface area contributed by atoms with Crippen LogP contribution in [0, 0.1) is 5.92 Å². The third kappa shape index (κ3) is 5.64. The van der Waals surface area contributed by atoms with Crippen molar-refractivity contribution in [2.24, 2.45) is 5.92 Å². The molecule has 2 nitrogen and oxygen atoms in total. The largest absolute Gasteiger partial charge is 0.373 e. The molecule has 1 heterocycles. The summed E-state index contributed by atoms with van der Waals surface area (Å²) < 4.78 is 6.02. The van der Waals surface area contributed by atoms with Gasteiger partial charge in [0.2, 0.25) is 0 Å². The highest BCUT2D eigenvalue weighted by Gasteiger charge is 2.13. The van der Waals surface area contributed by atoms with Crippen LogP contribution in [0.15, 0.2) is 12.1 Å². The minimum Gasteiger partial charge on any atom is -0.373 e. The summed E-state index contributed by atoms with van der Waals surface area (Å²) in [6.07, 6.45) is 7.12. The highest BCUT2D eigenvalue weighted by atomic mass is 32.1. The molecule has 3 heteroatoms. The standard InChI is InChI=1S/C16H27NOS/c1-13(2)10-17-11-15-8-9-16(19-15)12-18-14-6-4-3-5-7-14/h8-9,13-14,17H,3-7,10-12H2,1-2H3. The van der Waals surface area contributed by atoms with E-state index in [9.17, 15) is 0 Å². The van der Waals surface area contributed by atoms with Crippen LogP contribution in [0.5, 0.6) is 0 Å². The van der Waals surface area contributed by atoms with Gasteiger partial charge >= 0.3 is 0 Å². The molecule has 1 saturated carbocycles. The van der Waals surface area contributed by atoms with E-state index in [0.717, 1.165) is 19.7 Å². The number of thiophene rings is 1. The van der Waals surface area contributed by atoms with E-state index in [1.165, 1.54) is 41.9 Å². The molecular weight excluding hydrogens is 254 g/mol. The Balaban J connectivity index is 1.68. The van der Waals surface area contributed by atoms with Crippen molar-refractivity contribution < 1.29 is 4.74 Å². The molecule has 0 atom stereocenters. The fourth-order valence-corrected chi connectivity index (χ4v) is 3.42. The summed E-state index contributed by atoms with van der Waals surface area (Å²) in [6, 6.07) is 4.46. The summed E-state index contributed by atoms with van der Waals surface area (Å²) in [5.74, 6) is 0.717. The lowest BCUT2D eigenvalue weighted by molar-refractivity contribution is 0.0182. The Labute approximate surface area is 121 Å². The molecule has 1 N–H and O–H groups in total. The Bertz CT molecular complexity index is 355. The van der Waals surface area contributed by atoms with E-state index in [1.807, 2.05) is 11.3 Å². The van der Waals surface area contributed by atoms with Crippen molar-refractivity contribution in [2.45, 2.75) is 65.2 Å². The fraction of sp³-hybridized carbons (Fsp3) is 0.750. The van der Waals surface area contributed by atoms with Crippen LogP contribution in [0.3, 0.4) is 0 Å². The monoisotopic (exact) mass is 281 g/mol. The van der Waals surface area contributed by atoms with Crippen LogP contribution in [0.4, 0.5) is 0 Å². The molecule has 108 valence electrons. The predicted octanol–water partition coefficient (Wildman–Crippen LogP) is 4.34. The van der Waals surface area contributed by atoms with Crippen molar-refractivity contribution in [1.29, 1.82) is 0 Å². The molecule has 2 rings (SSSR count). The maximum Gasteiger partial charge on any atom is 0.0813 e. The molecule has 1 aliphatic carbocycles. The molecule has 19 heavy (non-hydrogen) atoms. The molecule has 0 bridgehead atoms. The van der Waals surface area contributed by atoms with Gasteiger partial charge in [-0.25, -0.2) is 0 Å². The van der Waals surface area contributed by atoms with Gasteiger partial charge in [-0.15, -0.1) is 11.3 Å². The molecule has 1 aromatic heterocycles. The fourth-order valence-electron chi connectivity index (χ4n) is 2.51. The smallest absolute Gasteiger partial charge is 0.0813 e. The summed E-state index contributed by atoms with van der Waals surface area (Å²) >= 11 is 1.89. The molecule has 0 amide bonds. The van der Waals surface area contributed by atoms with Gasteiger partial charge < -0.3 is 10.1 Å². The van der Waals surface area contributed by atoms with Gasteiger partial charge in [0.25, 0.3) is 0 Å². The zero-order valence-corrected chi connectivity index (χ0v) is 13.1. The van der Waals surface area contributed by atoms with Gasteiger partial charge in [0.1, 0.15) is 0 Å². The Morgan fingerprint density at radius 3 is 2.68 bits per heavy atom. The average molecular weight is 281 g/mol. The summed E-state index contributed by atoms with van der Waals surface area (Å²) in [4.78, 5) is 2.79. The first-order chi connectivity index (χ1) is 9.24. The highest BCUT2D eigenvalue weighted by Crippen LogP contribution is 2.23. The summed E-state index contributed by atoms with van der Waals surface area (Å²) in [6.45, 7) is 7.37. The molecule has 0 aromatic carbocycles. The topological polar surface area (TPSA) is 21.3 Å². The first-order valence-corrected chi connectivity index (χ1v) is 8.45. The van der Waals surface area contributed by atoms with Crippen LogP contribution >= 0.6 is 11.3 Å². The highest BCUT2D eigenvalue weighted by molar-refractivity contribution is 7.11. The summed E-state index contributed by atoms with van der Waals surface area (Å²) in [5, 5.41) is 3.49. The second kappa shape index (κ2) is 8.03. The van der Waals surface area contributed by atoms with E-state index in [0.29, 0.717) is 12.0 Å². The number of nitrogens with one attached hydrogen (secondary N) is 1. The lowest BCUT2D eigenvalue weighted by Gasteiger charge is -2.21. The number of rotatable bonds is 7. The molecular formula is C16H27NOS. The molecule has 0 spiro atoms. The molecule has 1 aliphatic rings. The van der Waals surface area contributed by atoms with Crippen molar-refractivity contribution in [3.63, 3.8) is 0 Å². The Hall–Kier alpha value is -0.380. The van der Waals surface area contributed by atoms with Gasteiger partial charge in [0.15, 0.2) is 0 Å². The van der Waals surface area contributed by atoms with Crippen LogP contribution in [0.25, 0.3) is 0 Å². The van der Waals surface area contributed by atoms with Crippen LogP contribution < -0.4 is 5.32 Å². The maximum atomic E-state index is 6.02. The zero-order chi connectivity index (χ0) is 13.5. The first-order valence-electron chi connectivity index (χ1n) is 7.64. The second-order valence-electron chi connectivity index (χ2n) is 5.96. The van der Waals surface area contributed by atoms with Crippen LogP contribution in [0.1, 0.15) is 55.7 Å². The lowest BCUT2D eigenvalue weighted by Crippen LogP contribution is -2.18. The minimum absolute atomic E-state index is 0.512. The number of ether oxygens (including phenoxy) is 1. The Kier molecular flexibility index (Phi) is 6.35. The predicted molar refractivity (Wildman–Crippen MR) is 82.5 cm³/mol. The van der Waals surface area contributed by atoms with Gasteiger partial charge in [-0.3, -0.25) is 0 Å². The lowest BCUT2D eigenvalue weighted by atomic mass is 9.98. The molecule has 0 unspecified atom stereocenters. The van der Waals surface area contributed by atoms with Crippen molar-refractivity contribution in [2.75, 3.05) is 6.54 Å². The number of hydrogen-bond acceptors (Lipinski definition) is 3. The summed E-state index contributed by atoms with van der Waals surface area (Å²) in [7, 11) is 0. The van der Waals surface area contributed by atoms with Crippen molar-refractivity contribution in [1.82, 2.24) is 5.32 Å². The van der Waals surface area contributed by atoms with Crippen LogP contribution in [-0.4, -0.2) is 12.6 Å². The summed E-state index contributed by atoms with van der Waals surface area (Å²) in [5.41, 5.74) is 0. The van der Waals surface area contributed by atoms with E-state index in [4.69, 9.17) is 4.74 Å². The van der Waals surface area contributed by atoms with E-state index in [1.54, 1.807) is 0 Å². The third-order valence-corrected chi connectivity index (χ3v) is 4.64. The molecule has 1 aromatic rings. The van der Waals surface area contributed by atoms with Gasteiger partial charge in [0.05, 0.1) is 12.7 Å². The van der Waals surface area contributed by atoms with Gasteiger partial charge in [-0.05, 0) is 37.4 Å². The Morgan fingerprint density at radius 2 is 1.95 bits per heavy atom.